The molecule has 0 saturated carbocycles. The topological polar surface area (TPSA) is 77.0 Å². The number of aliphatic hydroxyl groups excluding tert-OH is 1. The molecule has 0 radical (unpaired) electrons. The molecule has 2 saturated heterocycles. The summed E-state index contributed by atoms with van der Waals surface area (Å²) in [6.45, 7) is 8.59. The van der Waals surface area contributed by atoms with Crippen LogP contribution < -0.4 is 5.32 Å². The van der Waals surface area contributed by atoms with Crippen LogP contribution >= 0.6 is 8.15 Å². The first-order chi connectivity index (χ1) is 13.4. The van der Waals surface area contributed by atoms with Gasteiger partial charge in [0, 0.05) is 27.1 Å². The van der Waals surface area contributed by atoms with Crippen LogP contribution in [0, 0.1) is 11.8 Å². The van der Waals surface area contributed by atoms with Gasteiger partial charge in [-0.25, -0.2) is 0 Å². The molecule has 2 fully saturated rings. The maximum absolute atomic E-state index is 13.0. The van der Waals surface area contributed by atoms with Crippen LogP contribution in [-0.4, -0.2) is 61.1 Å². The van der Waals surface area contributed by atoms with Crippen molar-refractivity contribution in [3.8, 4) is 0 Å². The molecule has 0 spiro atoms. The lowest BCUT2D eigenvalue weighted by molar-refractivity contribution is -0.203. The van der Waals surface area contributed by atoms with Gasteiger partial charge in [0.25, 0.3) is 0 Å². The smallest absolute Gasteiger partial charge is 0.227 e. The normalized spacial score (nSPS) is 38.6. The number of fused-ring (bicyclic) bond motifs is 1. The van der Waals surface area contributed by atoms with Crippen LogP contribution in [0.1, 0.15) is 52.4 Å². The van der Waals surface area contributed by atoms with Crippen molar-refractivity contribution < 1.29 is 23.9 Å². The minimum absolute atomic E-state index is 0.0666. The van der Waals surface area contributed by atoms with Crippen LogP contribution in [-0.2, 0) is 18.8 Å². The highest BCUT2D eigenvalue weighted by Gasteiger charge is 2.70. The molecule has 6 nitrogen and oxygen atoms in total. The Morgan fingerprint density at radius 1 is 1.46 bits per heavy atom. The van der Waals surface area contributed by atoms with E-state index in [0.717, 1.165) is 32.1 Å². The van der Waals surface area contributed by atoms with Crippen molar-refractivity contribution in [2.24, 2.45) is 11.8 Å². The van der Waals surface area contributed by atoms with Crippen LogP contribution in [0.25, 0.3) is 0 Å². The van der Waals surface area contributed by atoms with Crippen LogP contribution in [0.2, 0.25) is 0 Å². The largest absolute Gasteiger partial charge is 0.394 e. The maximum Gasteiger partial charge on any atom is 0.227 e. The zero-order chi connectivity index (χ0) is 20.4. The molecule has 1 amide bonds. The molecule has 2 aliphatic heterocycles. The van der Waals surface area contributed by atoms with Crippen molar-refractivity contribution in [3.05, 3.63) is 12.2 Å². The molecule has 0 bridgehead atoms. The number of carbonyl (C=O) groups excluding carboxylic acids is 1. The number of unbranched alkanes of at least 4 members (excludes halogenated alkanes) is 1. The summed E-state index contributed by atoms with van der Waals surface area (Å²) < 4.78 is 18.7. The molecular weight excluding hydrogens is 377 g/mol. The molecule has 3 rings (SSSR count). The van der Waals surface area contributed by atoms with Crippen molar-refractivity contribution >= 4 is 14.1 Å². The second-order valence-corrected chi connectivity index (χ2v) is 10.5. The van der Waals surface area contributed by atoms with E-state index >= 15 is 0 Å². The van der Waals surface area contributed by atoms with E-state index in [9.17, 15) is 9.90 Å². The average Bonchev–Trinajstić information content (AvgIpc) is 3.12. The number of amides is 1. The lowest BCUT2D eigenvalue weighted by Gasteiger charge is -2.48. The van der Waals surface area contributed by atoms with Gasteiger partial charge in [-0.2, -0.15) is 0 Å². The van der Waals surface area contributed by atoms with E-state index in [2.05, 4.69) is 37.7 Å². The van der Waals surface area contributed by atoms with Crippen molar-refractivity contribution in [1.29, 1.82) is 0 Å². The highest BCUT2D eigenvalue weighted by Crippen LogP contribution is 2.53. The molecule has 6 atom stereocenters. The van der Waals surface area contributed by atoms with Gasteiger partial charge in [-0.15, -0.1) is 0 Å². The number of ether oxygens (including phenoxy) is 2. The van der Waals surface area contributed by atoms with Gasteiger partial charge in [0.2, 0.25) is 5.91 Å². The standard InChI is InChI=1S/C21H36NO5P/c1-5-6-12-25-17-13-16-19(24)22-21(14-23,20(16,2)26-17)18(27-28(3)4)15-10-8-7-9-11-15/h8,10,15-18,23H,5-7,9,11-14H2,1-4H3,(H,22,24)/t15-,16+,17?,18+,20+,21-/m1/s1. The highest BCUT2D eigenvalue weighted by molar-refractivity contribution is 7.50. The maximum atomic E-state index is 13.0. The summed E-state index contributed by atoms with van der Waals surface area (Å²) in [6.07, 6.45) is 9.32. The SMILES string of the molecule is CCCCOC1C[C@H]2C(=O)N[C@](CO)([C@@H](OP(C)C)[C@@H]3C=CCCC3)[C@@]2(C)O1. The Balaban J connectivity index is 1.91. The first-order valence-electron chi connectivity index (χ1n) is 10.6. The van der Waals surface area contributed by atoms with E-state index < -0.39 is 25.6 Å². The Morgan fingerprint density at radius 2 is 2.25 bits per heavy atom. The third kappa shape index (κ3) is 3.91. The van der Waals surface area contributed by atoms with Crippen molar-refractivity contribution in [2.75, 3.05) is 26.5 Å². The summed E-state index contributed by atoms with van der Waals surface area (Å²) in [6, 6.07) is 0. The van der Waals surface area contributed by atoms with E-state index in [0.29, 0.717) is 13.0 Å². The van der Waals surface area contributed by atoms with E-state index in [1.165, 1.54) is 0 Å². The Hall–Kier alpha value is -0.520. The Kier molecular flexibility index (Phi) is 7.20. The summed E-state index contributed by atoms with van der Waals surface area (Å²) in [5.41, 5.74) is -1.84. The summed E-state index contributed by atoms with van der Waals surface area (Å²) in [4.78, 5) is 13.0. The number of hydrogen-bond acceptors (Lipinski definition) is 5. The van der Waals surface area contributed by atoms with Gasteiger partial charge in [0.1, 0.15) is 11.1 Å². The highest BCUT2D eigenvalue weighted by atomic mass is 31.1. The third-order valence-corrected chi connectivity index (χ3v) is 7.21. The fourth-order valence-electron chi connectivity index (χ4n) is 4.98. The Bertz CT molecular complexity index is 585. The Morgan fingerprint density at radius 3 is 2.86 bits per heavy atom. The number of nitrogens with one attached hydrogen (secondary N) is 1. The summed E-state index contributed by atoms with van der Waals surface area (Å²) in [5.74, 6) is -0.265. The van der Waals surface area contributed by atoms with E-state index in [-0.39, 0.29) is 30.5 Å². The van der Waals surface area contributed by atoms with E-state index in [4.69, 9.17) is 14.0 Å². The Labute approximate surface area is 170 Å². The van der Waals surface area contributed by atoms with Crippen LogP contribution in [0.3, 0.4) is 0 Å². The van der Waals surface area contributed by atoms with Crippen LogP contribution in [0.4, 0.5) is 0 Å². The molecule has 160 valence electrons. The average molecular weight is 413 g/mol. The first-order valence-corrected chi connectivity index (χ1v) is 12.8. The third-order valence-electron chi connectivity index (χ3n) is 6.56. The summed E-state index contributed by atoms with van der Waals surface area (Å²) >= 11 is 0. The lowest BCUT2D eigenvalue weighted by Crippen LogP contribution is -2.68. The second kappa shape index (κ2) is 9.09. The fourth-order valence-corrected chi connectivity index (χ4v) is 5.77. The summed E-state index contributed by atoms with van der Waals surface area (Å²) in [7, 11) is -0.679. The fraction of sp³-hybridized carbons (Fsp3) is 0.857. The number of allylic oxidation sites excluding steroid dienone is 1. The molecule has 2 heterocycles. The number of rotatable bonds is 9. The molecule has 1 unspecified atom stereocenters. The molecule has 0 aromatic carbocycles. The molecule has 2 N–H and O–H groups in total. The molecule has 3 aliphatic rings. The molecule has 28 heavy (non-hydrogen) atoms. The number of hydrogen-bond donors (Lipinski definition) is 2. The molecule has 1 aliphatic carbocycles. The second-order valence-electron chi connectivity index (χ2n) is 8.65. The quantitative estimate of drug-likeness (QED) is 0.345. The first kappa shape index (κ1) is 22.2. The van der Waals surface area contributed by atoms with Crippen LogP contribution in [0.5, 0.6) is 0 Å². The predicted molar refractivity (Wildman–Crippen MR) is 110 cm³/mol. The minimum atomic E-state index is -0.976. The van der Waals surface area contributed by atoms with Gasteiger partial charge in [0.05, 0.1) is 18.6 Å². The zero-order valence-corrected chi connectivity index (χ0v) is 18.5. The molecule has 0 aromatic heterocycles. The van der Waals surface area contributed by atoms with Gasteiger partial charge in [-0.05, 0) is 45.9 Å². The number of carbonyl (C=O) groups is 1. The van der Waals surface area contributed by atoms with Gasteiger partial charge < -0.3 is 24.4 Å². The molecule has 7 heteroatoms. The van der Waals surface area contributed by atoms with Crippen LogP contribution in [0.15, 0.2) is 12.2 Å². The molecule has 0 aromatic rings. The monoisotopic (exact) mass is 413 g/mol. The van der Waals surface area contributed by atoms with Gasteiger partial charge in [-0.1, -0.05) is 25.5 Å². The van der Waals surface area contributed by atoms with E-state index in [1.54, 1.807) is 0 Å². The zero-order valence-electron chi connectivity index (χ0n) is 17.6. The number of aliphatic hydroxyl groups is 1. The van der Waals surface area contributed by atoms with Gasteiger partial charge >= 0.3 is 0 Å². The molecular formula is C21H36NO5P. The van der Waals surface area contributed by atoms with Crippen molar-refractivity contribution in [3.63, 3.8) is 0 Å². The predicted octanol–water partition coefficient (Wildman–Crippen LogP) is 3.18. The van der Waals surface area contributed by atoms with Crippen molar-refractivity contribution in [2.45, 2.75) is 75.9 Å². The summed E-state index contributed by atoms with van der Waals surface area (Å²) in [5, 5.41) is 13.8. The van der Waals surface area contributed by atoms with Gasteiger partial charge in [0.15, 0.2) is 6.29 Å². The van der Waals surface area contributed by atoms with E-state index in [1.807, 2.05) is 6.92 Å². The van der Waals surface area contributed by atoms with Gasteiger partial charge in [-0.3, -0.25) is 4.79 Å². The minimum Gasteiger partial charge on any atom is -0.394 e. The lowest BCUT2D eigenvalue weighted by atomic mass is 9.69. The van der Waals surface area contributed by atoms with Crippen molar-refractivity contribution in [1.82, 2.24) is 5.32 Å².